The lowest BCUT2D eigenvalue weighted by Crippen LogP contribution is -2.37. The Balaban J connectivity index is 1.77. The summed E-state index contributed by atoms with van der Waals surface area (Å²) in [5, 5.41) is 12.1. The molecule has 3 aromatic rings. The van der Waals surface area contributed by atoms with E-state index in [1.54, 1.807) is 29.4 Å². The van der Waals surface area contributed by atoms with Crippen molar-refractivity contribution in [3.05, 3.63) is 71.7 Å². The molecule has 1 unspecified atom stereocenters. The number of nitrogens with zero attached hydrogens (tertiary/aromatic N) is 3. The number of ketones is 1. The van der Waals surface area contributed by atoms with Crippen molar-refractivity contribution in [3.63, 3.8) is 0 Å². The molecule has 0 radical (unpaired) electrons. The SMILES string of the molecule is Cn1cc(C2/C(=C(\O)c3ccncc3)C(=O)C(=O)N2C2CCCC2)c2ccccc21. The van der Waals surface area contributed by atoms with Gasteiger partial charge in [-0.3, -0.25) is 14.6 Å². The van der Waals surface area contributed by atoms with Gasteiger partial charge in [0.15, 0.2) is 0 Å². The number of hydrogen-bond donors (Lipinski definition) is 1. The van der Waals surface area contributed by atoms with Crippen LogP contribution in [-0.2, 0) is 16.6 Å². The number of amides is 1. The van der Waals surface area contributed by atoms with Gasteiger partial charge in [0.2, 0.25) is 0 Å². The molecule has 1 amide bonds. The van der Waals surface area contributed by atoms with E-state index in [0.717, 1.165) is 42.1 Å². The molecule has 0 spiro atoms. The van der Waals surface area contributed by atoms with Gasteiger partial charge in [0.1, 0.15) is 5.76 Å². The van der Waals surface area contributed by atoms with Crippen molar-refractivity contribution >= 4 is 28.4 Å². The van der Waals surface area contributed by atoms with Crippen molar-refractivity contribution < 1.29 is 14.7 Å². The maximum absolute atomic E-state index is 13.2. The Morgan fingerprint density at radius 3 is 2.50 bits per heavy atom. The van der Waals surface area contributed by atoms with E-state index >= 15 is 0 Å². The van der Waals surface area contributed by atoms with E-state index in [9.17, 15) is 14.7 Å². The molecule has 2 fully saturated rings. The number of aliphatic hydroxyl groups excluding tert-OH is 1. The molecule has 1 atom stereocenters. The van der Waals surface area contributed by atoms with Crippen molar-refractivity contribution in [2.24, 2.45) is 7.05 Å². The van der Waals surface area contributed by atoms with Gasteiger partial charge in [-0.05, 0) is 31.0 Å². The molecule has 1 aliphatic heterocycles. The lowest BCUT2D eigenvalue weighted by molar-refractivity contribution is -0.141. The maximum atomic E-state index is 13.2. The molecule has 1 saturated carbocycles. The van der Waals surface area contributed by atoms with Crippen LogP contribution >= 0.6 is 0 Å². The fourth-order valence-corrected chi connectivity index (χ4v) is 4.97. The zero-order valence-electron chi connectivity index (χ0n) is 16.8. The number of para-hydroxylation sites is 1. The molecule has 0 bridgehead atoms. The van der Waals surface area contributed by atoms with Crippen molar-refractivity contribution in [1.82, 2.24) is 14.5 Å². The number of rotatable bonds is 3. The Hall–Kier alpha value is -3.41. The molecule has 3 heterocycles. The van der Waals surface area contributed by atoms with Gasteiger partial charge in [-0.15, -0.1) is 0 Å². The Morgan fingerprint density at radius 2 is 1.77 bits per heavy atom. The van der Waals surface area contributed by atoms with Gasteiger partial charge in [0.05, 0.1) is 11.6 Å². The van der Waals surface area contributed by atoms with Gasteiger partial charge in [-0.25, -0.2) is 0 Å². The molecule has 5 rings (SSSR count). The normalized spacial score (nSPS) is 21.8. The topological polar surface area (TPSA) is 75.4 Å². The standard InChI is InChI=1S/C24H23N3O3/c1-26-14-18(17-8-4-5-9-19(17)26)21-20(22(28)15-10-12-25-13-11-15)23(29)24(30)27(21)16-6-2-3-7-16/h4-5,8-14,16,21,28H,2-3,6-7H2,1H3/b22-20+. The van der Waals surface area contributed by atoms with Gasteiger partial charge in [-0.2, -0.15) is 0 Å². The fraction of sp³-hybridized carbons (Fsp3) is 0.292. The molecule has 1 aromatic carbocycles. The van der Waals surface area contributed by atoms with Gasteiger partial charge >= 0.3 is 0 Å². The highest BCUT2D eigenvalue weighted by Crippen LogP contribution is 2.45. The summed E-state index contributed by atoms with van der Waals surface area (Å²) in [6, 6.07) is 10.7. The predicted octanol–water partition coefficient (Wildman–Crippen LogP) is 3.94. The first kappa shape index (κ1) is 18.6. The van der Waals surface area contributed by atoms with E-state index in [2.05, 4.69) is 4.98 Å². The largest absolute Gasteiger partial charge is 0.507 e. The van der Waals surface area contributed by atoms with Gasteiger partial charge < -0.3 is 14.6 Å². The highest BCUT2D eigenvalue weighted by molar-refractivity contribution is 6.46. The first-order chi connectivity index (χ1) is 14.6. The number of likely N-dealkylation sites (tertiary alicyclic amines) is 1. The number of fused-ring (bicyclic) bond motifs is 1. The molecule has 2 aromatic heterocycles. The van der Waals surface area contributed by atoms with Crippen molar-refractivity contribution in [2.45, 2.75) is 37.8 Å². The molecule has 1 saturated heterocycles. The van der Waals surface area contributed by atoms with Crippen molar-refractivity contribution in [1.29, 1.82) is 0 Å². The molecule has 30 heavy (non-hydrogen) atoms. The average Bonchev–Trinajstić information content (AvgIpc) is 3.47. The maximum Gasteiger partial charge on any atom is 0.295 e. The van der Waals surface area contributed by atoms with Crippen LogP contribution in [0.1, 0.15) is 42.9 Å². The van der Waals surface area contributed by atoms with Crippen LogP contribution in [0.5, 0.6) is 0 Å². The summed E-state index contributed by atoms with van der Waals surface area (Å²) in [6.07, 6.45) is 8.95. The van der Waals surface area contributed by atoms with Crippen LogP contribution in [0.25, 0.3) is 16.7 Å². The molecule has 6 nitrogen and oxygen atoms in total. The first-order valence-corrected chi connectivity index (χ1v) is 10.3. The summed E-state index contributed by atoms with van der Waals surface area (Å²) in [5.74, 6) is -1.28. The van der Waals surface area contributed by atoms with Crippen LogP contribution in [0.2, 0.25) is 0 Å². The Morgan fingerprint density at radius 1 is 1.07 bits per heavy atom. The Labute approximate surface area is 174 Å². The number of aryl methyl sites for hydroxylation is 1. The number of aromatic nitrogens is 2. The van der Waals surface area contributed by atoms with Crippen LogP contribution in [0.15, 0.2) is 60.6 Å². The third-order valence-electron chi connectivity index (χ3n) is 6.37. The minimum Gasteiger partial charge on any atom is -0.507 e. The van der Waals surface area contributed by atoms with E-state index in [4.69, 9.17) is 0 Å². The number of Topliss-reactive ketones (excluding diaryl/α,β-unsaturated/α-hetero) is 1. The van der Waals surface area contributed by atoms with Crippen LogP contribution in [0.3, 0.4) is 0 Å². The fourth-order valence-electron chi connectivity index (χ4n) is 4.97. The van der Waals surface area contributed by atoms with Crippen molar-refractivity contribution in [3.8, 4) is 0 Å². The monoisotopic (exact) mass is 401 g/mol. The lowest BCUT2D eigenvalue weighted by atomic mass is 9.94. The Kier molecular flexibility index (Phi) is 4.42. The third-order valence-corrected chi connectivity index (χ3v) is 6.37. The van der Waals surface area contributed by atoms with E-state index in [1.165, 1.54) is 0 Å². The summed E-state index contributed by atoms with van der Waals surface area (Å²) >= 11 is 0. The molecule has 152 valence electrons. The molecule has 6 heteroatoms. The molecule has 1 N–H and O–H groups in total. The summed E-state index contributed by atoms with van der Waals surface area (Å²) in [5.41, 5.74) is 2.54. The number of carbonyl (C=O) groups is 2. The summed E-state index contributed by atoms with van der Waals surface area (Å²) in [7, 11) is 1.95. The zero-order valence-corrected chi connectivity index (χ0v) is 16.8. The molecular weight excluding hydrogens is 378 g/mol. The van der Waals surface area contributed by atoms with Gasteiger partial charge in [0.25, 0.3) is 11.7 Å². The zero-order chi connectivity index (χ0) is 20.8. The highest BCUT2D eigenvalue weighted by Gasteiger charge is 2.49. The van der Waals surface area contributed by atoms with Crippen molar-refractivity contribution in [2.75, 3.05) is 0 Å². The van der Waals surface area contributed by atoms with E-state index in [-0.39, 0.29) is 17.4 Å². The highest BCUT2D eigenvalue weighted by atomic mass is 16.3. The first-order valence-electron chi connectivity index (χ1n) is 10.3. The van der Waals surface area contributed by atoms with Crippen LogP contribution in [0.4, 0.5) is 0 Å². The molecule has 2 aliphatic rings. The number of benzene rings is 1. The lowest BCUT2D eigenvalue weighted by Gasteiger charge is -2.30. The number of pyridine rings is 1. The van der Waals surface area contributed by atoms with E-state index in [0.29, 0.717) is 5.56 Å². The number of carbonyl (C=O) groups excluding carboxylic acids is 2. The summed E-state index contributed by atoms with van der Waals surface area (Å²) in [6.45, 7) is 0. The second-order valence-electron chi connectivity index (χ2n) is 8.09. The summed E-state index contributed by atoms with van der Waals surface area (Å²) in [4.78, 5) is 32.1. The Bertz CT molecular complexity index is 1170. The van der Waals surface area contributed by atoms with E-state index < -0.39 is 17.7 Å². The smallest absolute Gasteiger partial charge is 0.295 e. The van der Waals surface area contributed by atoms with E-state index in [1.807, 2.05) is 42.1 Å². The number of aliphatic hydroxyl groups is 1. The molecule has 1 aliphatic carbocycles. The van der Waals surface area contributed by atoms with Crippen LogP contribution in [0, 0.1) is 0 Å². The minimum absolute atomic E-state index is 0.00755. The number of hydrogen-bond acceptors (Lipinski definition) is 4. The molecular formula is C24H23N3O3. The van der Waals surface area contributed by atoms with Gasteiger partial charge in [-0.1, -0.05) is 31.0 Å². The van der Waals surface area contributed by atoms with Gasteiger partial charge in [0, 0.05) is 53.7 Å². The third kappa shape index (κ3) is 2.75. The summed E-state index contributed by atoms with van der Waals surface area (Å²) < 4.78 is 2.01. The predicted molar refractivity (Wildman–Crippen MR) is 114 cm³/mol. The van der Waals surface area contributed by atoms with Crippen LogP contribution in [-0.4, -0.2) is 37.3 Å². The minimum atomic E-state index is -0.617. The quantitative estimate of drug-likeness (QED) is 0.410. The second-order valence-corrected chi connectivity index (χ2v) is 8.09. The van der Waals surface area contributed by atoms with Crippen LogP contribution < -0.4 is 0 Å². The average molecular weight is 401 g/mol. The second kappa shape index (κ2) is 7.13.